The molecular weight excluding hydrogens is 154 g/mol. The number of hydrogen-bond donors (Lipinski definition) is 2. The molecule has 9 heavy (non-hydrogen) atoms. The van der Waals surface area contributed by atoms with Gasteiger partial charge in [0, 0.05) is 0 Å². The zero-order valence-electron chi connectivity index (χ0n) is 5.08. The molecule has 1 rings (SSSR count). The van der Waals surface area contributed by atoms with E-state index in [2.05, 4.69) is 29.8 Å². The van der Waals surface area contributed by atoms with Crippen LogP contribution in [0.4, 0.5) is 0 Å². The topological polar surface area (TPSA) is 12.2 Å². The van der Waals surface area contributed by atoms with Gasteiger partial charge in [-0.15, -0.1) is 0 Å². The number of morpholine rings is 1. The summed E-state index contributed by atoms with van der Waals surface area (Å²) in [7, 11) is 0. The molecule has 0 saturated carbocycles. The molecule has 0 aromatic heterocycles. The molecular formula is C5H10NOS2+. The highest BCUT2D eigenvalue weighted by molar-refractivity contribution is 8.23. The van der Waals surface area contributed by atoms with Crippen LogP contribution in [0.3, 0.4) is 0 Å². The lowest BCUT2D eigenvalue weighted by Gasteiger charge is -2.10. The molecule has 0 atom stereocenters. The van der Waals surface area contributed by atoms with Gasteiger partial charge in [-0.2, -0.15) is 0 Å². The van der Waals surface area contributed by atoms with Gasteiger partial charge in [-0.1, -0.05) is 25.3 Å². The van der Waals surface area contributed by atoms with Crippen LogP contribution in [0.5, 0.6) is 0 Å². The summed E-state index contributed by atoms with van der Waals surface area (Å²) in [5.74, 6) is 0. The molecule has 2 nitrogen and oxygen atoms in total. The molecule has 52 valence electrons. The molecule has 0 aromatic rings. The van der Waals surface area contributed by atoms with Crippen molar-refractivity contribution in [1.82, 2.24) is 0 Å². The van der Waals surface area contributed by atoms with Crippen molar-refractivity contribution in [1.29, 1.82) is 0 Å². The predicted octanol–water partition coefficient (Wildman–Crippen LogP) is 0.245. The second-order valence-corrected chi connectivity index (χ2v) is 3.10. The van der Waals surface area contributed by atoms with Gasteiger partial charge in [-0.3, -0.25) is 0 Å². The van der Waals surface area contributed by atoms with Crippen molar-refractivity contribution in [3.63, 3.8) is 0 Å². The van der Waals surface area contributed by atoms with E-state index in [0.717, 1.165) is 30.7 Å². The standard InChI is InChI=1S/C5H9NOS2/c8-5(9)6-1-3-7-4-2-6/h1-4H2,(H,8,9)/p+1. The van der Waals surface area contributed by atoms with E-state index in [0.29, 0.717) is 0 Å². The van der Waals surface area contributed by atoms with Crippen LogP contribution >= 0.6 is 25.3 Å². The van der Waals surface area contributed by atoms with Crippen LogP contribution in [0.1, 0.15) is 0 Å². The molecule has 1 saturated heterocycles. The Morgan fingerprint density at radius 3 is 2.11 bits per heavy atom. The Bertz CT molecular complexity index is 123. The fourth-order valence-electron chi connectivity index (χ4n) is 0.763. The van der Waals surface area contributed by atoms with Gasteiger partial charge in [0.15, 0.2) is 13.1 Å². The van der Waals surface area contributed by atoms with Crippen molar-refractivity contribution in [2.75, 3.05) is 26.3 Å². The lowest BCUT2D eigenvalue weighted by Crippen LogP contribution is -2.30. The van der Waals surface area contributed by atoms with Crippen molar-refractivity contribution in [3.8, 4) is 0 Å². The Morgan fingerprint density at radius 2 is 1.78 bits per heavy atom. The molecule has 1 fully saturated rings. The van der Waals surface area contributed by atoms with Gasteiger partial charge in [0.25, 0.3) is 4.38 Å². The van der Waals surface area contributed by atoms with Crippen molar-refractivity contribution in [2.24, 2.45) is 0 Å². The molecule has 0 aromatic carbocycles. The minimum atomic E-state index is 0.790. The summed E-state index contributed by atoms with van der Waals surface area (Å²) in [5.41, 5.74) is 0. The van der Waals surface area contributed by atoms with E-state index < -0.39 is 0 Å². The molecule has 1 aliphatic rings. The first-order valence-electron chi connectivity index (χ1n) is 2.88. The molecule has 0 radical (unpaired) electrons. The largest absolute Gasteiger partial charge is 0.368 e. The molecule has 1 aliphatic heterocycles. The van der Waals surface area contributed by atoms with Gasteiger partial charge in [0.2, 0.25) is 0 Å². The number of nitrogens with zero attached hydrogens (tertiary/aromatic N) is 1. The minimum Gasteiger partial charge on any atom is -0.368 e. The van der Waals surface area contributed by atoms with Gasteiger partial charge in [-0.25, -0.2) is 4.58 Å². The van der Waals surface area contributed by atoms with Crippen LogP contribution in [0, 0.1) is 0 Å². The van der Waals surface area contributed by atoms with Crippen LogP contribution in [-0.2, 0) is 4.74 Å². The second kappa shape index (κ2) is 3.49. The Balaban J connectivity index is 2.49. The molecule has 1 heterocycles. The number of thiol groups is 2. The van der Waals surface area contributed by atoms with Gasteiger partial charge >= 0.3 is 0 Å². The molecule has 0 N–H and O–H groups in total. The van der Waals surface area contributed by atoms with E-state index in [-0.39, 0.29) is 0 Å². The zero-order valence-corrected chi connectivity index (χ0v) is 6.87. The van der Waals surface area contributed by atoms with Crippen molar-refractivity contribution < 1.29 is 9.31 Å². The average molecular weight is 164 g/mol. The smallest absolute Gasteiger partial charge is 0.263 e. The monoisotopic (exact) mass is 164 g/mol. The van der Waals surface area contributed by atoms with E-state index in [1.807, 2.05) is 0 Å². The summed E-state index contributed by atoms with van der Waals surface area (Å²) in [4.78, 5) is 0. The van der Waals surface area contributed by atoms with Crippen molar-refractivity contribution in [2.45, 2.75) is 0 Å². The Morgan fingerprint density at radius 1 is 1.22 bits per heavy atom. The molecule has 0 spiro atoms. The van der Waals surface area contributed by atoms with E-state index in [1.165, 1.54) is 0 Å². The highest BCUT2D eigenvalue weighted by Crippen LogP contribution is 1.95. The van der Waals surface area contributed by atoms with E-state index in [9.17, 15) is 0 Å². The second-order valence-electron chi connectivity index (χ2n) is 1.90. The predicted molar refractivity (Wildman–Crippen MR) is 43.8 cm³/mol. The van der Waals surface area contributed by atoms with E-state index in [1.54, 1.807) is 0 Å². The maximum absolute atomic E-state index is 5.13. The van der Waals surface area contributed by atoms with Gasteiger partial charge in [0.05, 0.1) is 0 Å². The normalized spacial score (nSPS) is 20.0. The van der Waals surface area contributed by atoms with E-state index >= 15 is 0 Å². The fraction of sp³-hybridized carbons (Fsp3) is 0.800. The maximum Gasteiger partial charge on any atom is 0.263 e. The summed E-state index contributed by atoms with van der Waals surface area (Å²) in [6, 6.07) is 0. The Kier molecular flexibility index (Phi) is 2.88. The van der Waals surface area contributed by atoms with Crippen LogP contribution in [0.2, 0.25) is 0 Å². The van der Waals surface area contributed by atoms with Crippen LogP contribution < -0.4 is 0 Å². The summed E-state index contributed by atoms with van der Waals surface area (Å²) >= 11 is 8.18. The molecule has 0 bridgehead atoms. The van der Waals surface area contributed by atoms with Gasteiger partial charge in [-0.05, 0) is 0 Å². The minimum absolute atomic E-state index is 0.790. The lowest BCUT2D eigenvalue weighted by molar-refractivity contribution is -0.544. The van der Waals surface area contributed by atoms with Crippen LogP contribution in [0.25, 0.3) is 0 Å². The molecule has 0 amide bonds. The van der Waals surface area contributed by atoms with Gasteiger partial charge < -0.3 is 4.74 Å². The highest BCUT2D eigenvalue weighted by atomic mass is 32.2. The zero-order chi connectivity index (χ0) is 6.69. The third-order valence-corrected chi connectivity index (χ3v) is 1.86. The van der Waals surface area contributed by atoms with E-state index in [4.69, 9.17) is 4.74 Å². The van der Waals surface area contributed by atoms with Crippen molar-refractivity contribution >= 4 is 29.6 Å². The molecule has 0 unspecified atom stereocenters. The number of hydrogen-bond acceptors (Lipinski definition) is 1. The SMILES string of the molecule is SC(S)=[N+]1CCOCC1. The lowest BCUT2D eigenvalue weighted by atomic mass is 10.5. The highest BCUT2D eigenvalue weighted by Gasteiger charge is 2.12. The Labute approximate surface area is 65.7 Å². The summed E-state index contributed by atoms with van der Waals surface area (Å²) in [6.07, 6.45) is 0. The molecule has 0 aliphatic carbocycles. The number of rotatable bonds is 0. The first-order valence-corrected chi connectivity index (χ1v) is 3.78. The third kappa shape index (κ3) is 2.20. The summed E-state index contributed by atoms with van der Waals surface area (Å²) in [6.45, 7) is 3.43. The molecule has 4 heteroatoms. The number of ether oxygens (including phenoxy) is 1. The van der Waals surface area contributed by atoms with Gasteiger partial charge in [0.1, 0.15) is 13.2 Å². The Hall–Kier alpha value is 0.330. The fourth-order valence-corrected chi connectivity index (χ4v) is 1.16. The first kappa shape index (κ1) is 7.44. The quantitative estimate of drug-likeness (QED) is 0.297. The summed E-state index contributed by atoms with van der Waals surface area (Å²) in [5, 5.41) is 0. The van der Waals surface area contributed by atoms with Crippen LogP contribution in [0.15, 0.2) is 0 Å². The maximum atomic E-state index is 5.13. The van der Waals surface area contributed by atoms with Crippen LogP contribution in [-0.4, -0.2) is 35.3 Å². The summed E-state index contributed by atoms with van der Waals surface area (Å²) < 4.78 is 8.00. The van der Waals surface area contributed by atoms with Crippen molar-refractivity contribution in [3.05, 3.63) is 0 Å². The average Bonchev–Trinajstić information content (AvgIpc) is 1.90. The third-order valence-electron chi connectivity index (χ3n) is 1.29. The first-order chi connectivity index (χ1) is 4.30.